The summed E-state index contributed by atoms with van der Waals surface area (Å²) in [6.45, 7) is 5.63. The second kappa shape index (κ2) is 10.0. The van der Waals surface area contributed by atoms with Crippen LogP contribution in [0.1, 0.15) is 38.7 Å². The van der Waals surface area contributed by atoms with Gasteiger partial charge in [0, 0.05) is 17.1 Å². The maximum absolute atomic E-state index is 12.7. The first-order valence-electron chi connectivity index (χ1n) is 11.1. The van der Waals surface area contributed by atoms with Crippen LogP contribution < -0.4 is 11.0 Å². The van der Waals surface area contributed by atoms with Crippen LogP contribution in [0.5, 0.6) is 0 Å². The van der Waals surface area contributed by atoms with Crippen LogP contribution in [0, 0.1) is 5.92 Å². The summed E-state index contributed by atoms with van der Waals surface area (Å²) in [5.74, 6) is 1.13. The Labute approximate surface area is 192 Å². The van der Waals surface area contributed by atoms with Crippen molar-refractivity contribution in [3.05, 3.63) is 75.8 Å². The number of fused-ring (bicyclic) bond motifs is 1. The lowest BCUT2D eigenvalue weighted by molar-refractivity contribution is 0.486. The van der Waals surface area contributed by atoms with Crippen LogP contribution in [0.2, 0.25) is 5.02 Å². The largest absolute Gasteiger partial charge is 0.354 e. The molecule has 6 nitrogen and oxygen atoms in total. The van der Waals surface area contributed by atoms with Crippen LogP contribution in [-0.2, 0) is 6.54 Å². The highest BCUT2D eigenvalue weighted by molar-refractivity contribution is 6.33. The molecule has 7 heteroatoms. The van der Waals surface area contributed by atoms with E-state index < -0.39 is 0 Å². The zero-order valence-electron chi connectivity index (χ0n) is 18.4. The molecule has 4 aromatic rings. The number of benzene rings is 2. The zero-order valence-corrected chi connectivity index (χ0v) is 19.2. The van der Waals surface area contributed by atoms with Crippen molar-refractivity contribution in [2.24, 2.45) is 5.92 Å². The van der Waals surface area contributed by atoms with E-state index in [1.54, 1.807) is 10.8 Å². The Hall–Kier alpha value is -3.12. The minimum Gasteiger partial charge on any atom is -0.354 e. The first-order valence-corrected chi connectivity index (χ1v) is 11.5. The lowest BCUT2D eigenvalue weighted by atomic mass is 10.0. The van der Waals surface area contributed by atoms with Gasteiger partial charge in [0.25, 0.3) is 0 Å². The van der Waals surface area contributed by atoms with Gasteiger partial charge in [0.1, 0.15) is 5.52 Å². The molecular formula is C25H28ClN5O. The van der Waals surface area contributed by atoms with Crippen molar-refractivity contribution in [3.63, 3.8) is 0 Å². The Morgan fingerprint density at radius 3 is 2.78 bits per heavy atom. The zero-order chi connectivity index (χ0) is 22.5. The molecule has 0 radical (unpaired) electrons. The SMILES string of the molecule is CCC[C@H](CC)CNc1ncc2[nH]c(=O)n(Cc3cccc(-c4ccccc4Cl)c3)c2n1. The van der Waals surface area contributed by atoms with E-state index in [-0.39, 0.29) is 5.69 Å². The average Bonchev–Trinajstić information content (AvgIpc) is 3.11. The van der Waals surface area contributed by atoms with E-state index in [1.807, 2.05) is 42.5 Å². The summed E-state index contributed by atoms with van der Waals surface area (Å²) >= 11 is 6.37. The van der Waals surface area contributed by atoms with Gasteiger partial charge in [0.15, 0.2) is 5.65 Å². The Morgan fingerprint density at radius 1 is 1.16 bits per heavy atom. The summed E-state index contributed by atoms with van der Waals surface area (Å²) in [6.07, 6.45) is 5.11. The van der Waals surface area contributed by atoms with Gasteiger partial charge < -0.3 is 10.3 Å². The standard InChI is InChI=1S/C25H28ClN5O/c1-3-8-17(4-2)14-27-24-28-15-22-23(30-24)31(25(32)29-22)16-18-9-7-10-19(13-18)20-11-5-6-12-21(20)26/h5-7,9-13,15,17H,3-4,8,14,16H2,1-2H3,(H,29,32)(H,27,28,30)/t17-/m0/s1. The van der Waals surface area contributed by atoms with Crippen molar-refractivity contribution < 1.29 is 0 Å². The summed E-state index contributed by atoms with van der Waals surface area (Å²) in [6, 6.07) is 15.8. The number of H-pyrrole nitrogens is 1. The molecule has 2 aromatic carbocycles. The minimum absolute atomic E-state index is 0.202. The molecule has 0 spiro atoms. The molecule has 2 heterocycles. The first kappa shape index (κ1) is 22.1. The molecule has 0 aliphatic carbocycles. The van der Waals surface area contributed by atoms with Gasteiger partial charge in [-0.25, -0.2) is 9.78 Å². The number of rotatable bonds is 9. The molecule has 0 fully saturated rings. The molecule has 32 heavy (non-hydrogen) atoms. The lowest BCUT2D eigenvalue weighted by Gasteiger charge is -2.14. The summed E-state index contributed by atoms with van der Waals surface area (Å²) in [5.41, 5.74) is 4.00. The van der Waals surface area contributed by atoms with E-state index in [9.17, 15) is 4.79 Å². The molecule has 4 rings (SSSR count). The predicted molar refractivity (Wildman–Crippen MR) is 131 cm³/mol. The fourth-order valence-corrected chi connectivity index (χ4v) is 4.23. The second-order valence-corrected chi connectivity index (χ2v) is 8.48. The number of halogens is 1. The van der Waals surface area contributed by atoms with E-state index in [0.29, 0.717) is 34.6 Å². The summed E-state index contributed by atoms with van der Waals surface area (Å²) in [5, 5.41) is 4.04. The number of nitrogens with one attached hydrogen (secondary N) is 2. The number of imidazole rings is 1. The van der Waals surface area contributed by atoms with E-state index in [0.717, 1.165) is 36.1 Å². The third-order valence-corrected chi connectivity index (χ3v) is 6.12. The molecule has 2 N–H and O–H groups in total. The topological polar surface area (TPSA) is 75.6 Å². The Bertz CT molecular complexity index is 1260. The van der Waals surface area contributed by atoms with Crippen molar-refractivity contribution in [1.82, 2.24) is 19.5 Å². The van der Waals surface area contributed by atoms with Gasteiger partial charge in [-0.15, -0.1) is 0 Å². The maximum Gasteiger partial charge on any atom is 0.328 e. The molecule has 0 unspecified atom stereocenters. The number of anilines is 1. The Balaban J connectivity index is 1.61. The monoisotopic (exact) mass is 449 g/mol. The minimum atomic E-state index is -0.202. The normalized spacial score (nSPS) is 12.2. The van der Waals surface area contributed by atoms with Crippen molar-refractivity contribution in [1.29, 1.82) is 0 Å². The summed E-state index contributed by atoms with van der Waals surface area (Å²) in [4.78, 5) is 24.5. The lowest BCUT2D eigenvalue weighted by Crippen LogP contribution is -2.18. The summed E-state index contributed by atoms with van der Waals surface area (Å²) in [7, 11) is 0. The Morgan fingerprint density at radius 2 is 2.00 bits per heavy atom. The van der Waals surface area contributed by atoms with E-state index in [4.69, 9.17) is 11.6 Å². The van der Waals surface area contributed by atoms with Crippen LogP contribution in [0.4, 0.5) is 5.95 Å². The van der Waals surface area contributed by atoms with Crippen LogP contribution in [0.15, 0.2) is 59.5 Å². The second-order valence-electron chi connectivity index (χ2n) is 8.07. The maximum atomic E-state index is 12.7. The highest BCUT2D eigenvalue weighted by Gasteiger charge is 2.13. The van der Waals surface area contributed by atoms with Gasteiger partial charge >= 0.3 is 5.69 Å². The molecule has 0 saturated heterocycles. The molecule has 0 aliphatic rings. The number of hydrogen-bond donors (Lipinski definition) is 2. The Kier molecular flexibility index (Phi) is 6.90. The van der Waals surface area contributed by atoms with Gasteiger partial charge in [0.2, 0.25) is 5.95 Å². The highest BCUT2D eigenvalue weighted by Crippen LogP contribution is 2.28. The number of aromatic amines is 1. The smallest absolute Gasteiger partial charge is 0.328 e. The van der Waals surface area contributed by atoms with Crippen LogP contribution >= 0.6 is 11.6 Å². The number of hydrogen-bond acceptors (Lipinski definition) is 4. The van der Waals surface area contributed by atoms with Crippen molar-refractivity contribution in [3.8, 4) is 11.1 Å². The fraction of sp³-hybridized carbons (Fsp3) is 0.320. The molecular weight excluding hydrogens is 422 g/mol. The quantitative estimate of drug-likeness (QED) is 0.342. The average molecular weight is 450 g/mol. The van der Waals surface area contributed by atoms with Crippen LogP contribution in [0.3, 0.4) is 0 Å². The molecule has 0 saturated carbocycles. The molecule has 1 atom stereocenters. The van der Waals surface area contributed by atoms with E-state index in [1.165, 1.54) is 6.42 Å². The number of nitrogens with zero attached hydrogens (tertiary/aromatic N) is 3. The fourth-order valence-electron chi connectivity index (χ4n) is 3.99. The molecule has 0 aliphatic heterocycles. The van der Waals surface area contributed by atoms with Gasteiger partial charge in [-0.2, -0.15) is 4.98 Å². The van der Waals surface area contributed by atoms with E-state index in [2.05, 4.69) is 40.2 Å². The van der Waals surface area contributed by atoms with Gasteiger partial charge in [-0.3, -0.25) is 4.57 Å². The van der Waals surface area contributed by atoms with Crippen molar-refractivity contribution >= 4 is 28.7 Å². The molecule has 166 valence electrons. The molecule has 0 amide bonds. The van der Waals surface area contributed by atoms with Crippen LogP contribution in [0.25, 0.3) is 22.3 Å². The first-order chi connectivity index (χ1) is 15.6. The van der Waals surface area contributed by atoms with Gasteiger partial charge in [-0.1, -0.05) is 74.7 Å². The summed E-state index contributed by atoms with van der Waals surface area (Å²) < 4.78 is 1.65. The number of aromatic nitrogens is 4. The molecule has 0 bridgehead atoms. The predicted octanol–water partition coefficient (Wildman–Crippen LogP) is 5.73. The van der Waals surface area contributed by atoms with Crippen molar-refractivity contribution in [2.45, 2.75) is 39.7 Å². The van der Waals surface area contributed by atoms with Crippen LogP contribution in [-0.4, -0.2) is 26.1 Å². The van der Waals surface area contributed by atoms with Gasteiger partial charge in [0.05, 0.1) is 12.7 Å². The third-order valence-electron chi connectivity index (χ3n) is 5.79. The van der Waals surface area contributed by atoms with E-state index >= 15 is 0 Å². The molecule has 2 aromatic heterocycles. The van der Waals surface area contributed by atoms with Gasteiger partial charge in [-0.05, 0) is 35.6 Å². The third kappa shape index (κ3) is 4.86. The highest BCUT2D eigenvalue weighted by atomic mass is 35.5. The van der Waals surface area contributed by atoms with Crippen molar-refractivity contribution in [2.75, 3.05) is 11.9 Å².